The van der Waals surface area contributed by atoms with E-state index in [2.05, 4.69) is 5.32 Å². The van der Waals surface area contributed by atoms with Gasteiger partial charge in [0.1, 0.15) is 5.82 Å². The molecule has 1 aromatic rings. The number of hydrogen-bond donors (Lipinski definition) is 2. The van der Waals surface area contributed by atoms with Crippen molar-refractivity contribution in [2.24, 2.45) is 5.73 Å². The molecule has 1 aromatic carbocycles. The number of carbonyl (C=O) groups excluding carboxylic acids is 1. The van der Waals surface area contributed by atoms with Crippen molar-refractivity contribution in [3.05, 3.63) is 35.6 Å². The van der Waals surface area contributed by atoms with Crippen molar-refractivity contribution in [3.8, 4) is 0 Å². The van der Waals surface area contributed by atoms with E-state index in [-0.39, 0.29) is 23.7 Å². The molecule has 4 heteroatoms. The van der Waals surface area contributed by atoms with Crippen LogP contribution >= 0.6 is 0 Å². The van der Waals surface area contributed by atoms with E-state index in [1.165, 1.54) is 12.1 Å². The van der Waals surface area contributed by atoms with Crippen molar-refractivity contribution in [1.29, 1.82) is 0 Å². The number of amides is 1. The molecule has 0 aliphatic heterocycles. The summed E-state index contributed by atoms with van der Waals surface area (Å²) in [6.07, 6.45) is 1.38. The van der Waals surface area contributed by atoms with Crippen LogP contribution in [0.4, 0.5) is 4.39 Å². The largest absolute Gasteiger partial charge is 0.353 e. The van der Waals surface area contributed by atoms with Crippen LogP contribution in [-0.2, 0) is 4.79 Å². The molecule has 2 atom stereocenters. The van der Waals surface area contributed by atoms with Crippen LogP contribution in [0.3, 0.4) is 0 Å². The second-order valence-electron chi connectivity index (χ2n) is 4.50. The zero-order valence-corrected chi connectivity index (χ0v) is 10.9. The zero-order valence-electron chi connectivity index (χ0n) is 10.9. The van der Waals surface area contributed by atoms with E-state index in [1.54, 1.807) is 12.1 Å². The normalized spacial score (nSPS) is 14.0. The molecule has 0 spiro atoms. The fourth-order valence-corrected chi connectivity index (χ4v) is 1.78. The summed E-state index contributed by atoms with van der Waals surface area (Å²) in [5, 5.41) is 2.92. The second kappa shape index (κ2) is 7.11. The van der Waals surface area contributed by atoms with Crippen LogP contribution in [0.2, 0.25) is 0 Å². The van der Waals surface area contributed by atoms with Crippen LogP contribution in [0.25, 0.3) is 0 Å². The van der Waals surface area contributed by atoms with E-state index in [9.17, 15) is 9.18 Å². The molecule has 3 N–H and O–H groups in total. The van der Waals surface area contributed by atoms with E-state index < -0.39 is 0 Å². The first-order chi connectivity index (χ1) is 8.58. The Morgan fingerprint density at radius 3 is 2.78 bits per heavy atom. The van der Waals surface area contributed by atoms with E-state index in [4.69, 9.17) is 5.73 Å². The Morgan fingerprint density at radius 1 is 1.50 bits per heavy atom. The van der Waals surface area contributed by atoms with Crippen molar-refractivity contribution >= 4 is 5.91 Å². The highest BCUT2D eigenvalue weighted by atomic mass is 19.1. The van der Waals surface area contributed by atoms with Crippen LogP contribution in [0.15, 0.2) is 24.3 Å². The Kier molecular flexibility index (Phi) is 5.78. The lowest BCUT2D eigenvalue weighted by Gasteiger charge is -2.19. The van der Waals surface area contributed by atoms with Gasteiger partial charge in [-0.1, -0.05) is 19.1 Å². The van der Waals surface area contributed by atoms with Gasteiger partial charge in [0.25, 0.3) is 0 Å². The van der Waals surface area contributed by atoms with Gasteiger partial charge in [-0.25, -0.2) is 4.39 Å². The predicted molar refractivity (Wildman–Crippen MR) is 70.7 cm³/mol. The van der Waals surface area contributed by atoms with Crippen molar-refractivity contribution in [3.63, 3.8) is 0 Å². The third kappa shape index (κ3) is 4.11. The molecular weight excluding hydrogens is 231 g/mol. The van der Waals surface area contributed by atoms with E-state index >= 15 is 0 Å². The minimum atomic E-state index is -0.375. The number of hydrogen-bond acceptors (Lipinski definition) is 2. The number of carbonyl (C=O) groups is 1. The predicted octanol–water partition coefficient (Wildman–Crippen LogP) is 2.17. The molecule has 1 rings (SSSR count). The van der Waals surface area contributed by atoms with Crippen LogP contribution in [0, 0.1) is 5.82 Å². The maximum absolute atomic E-state index is 13.2. The Hall–Kier alpha value is -1.42. The lowest BCUT2D eigenvalue weighted by Crippen LogP contribution is -2.36. The monoisotopic (exact) mass is 252 g/mol. The highest BCUT2D eigenvalue weighted by molar-refractivity contribution is 5.83. The molecule has 0 bridgehead atoms. The van der Waals surface area contributed by atoms with Gasteiger partial charge in [-0.2, -0.15) is 0 Å². The SMILES string of the molecule is CCC(C)NC(=O)C(CCN)c1cccc(F)c1. The smallest absolute Gasteiger partial charge is 0.227 e. The number of rotatable bonds is 6. The standard InChI is InChI=1S/C14H21FN2O/c1-3-10(2)17-14(18)13(7-8-16)11-5-4-6-12(15)9-11/h4-6,9-10,13H,3,7-8,16H2,1-2H3,(H,17,18). The molecule has 0 aliphatic carbocycles. The third-order valence-electron chi connectivity index (χ3n) is 3.02. The number of benzene rings is 1. The summed E-state index contributed by atoms with van der Waals surface area (Å²) < 4.78 is 13.2. The number of halogens is 1. The fourth-order valence-electron chi connectivity index (χ4n) is 1.78. The summed E-state index contributed by atoms with van der Waals surface area (Å²) in [6.45, 7) is 4.35. The Bertz CT molecular complexity index is 395. The molecule has 0 saturated heterocycles. The van der Waals surface area contributed by atoms with E-state index in [0.717, 1.165) is 6.42 Å². The summed E-state index contributed by atoms with van der Waals surface area (Å²) in [5.41, 5.74) is 6.21. The van der Waals surface area contributed by atoms with Crippen molar-refractivity contribution in [1.82, 2.24) is 5.32 Å². The Balaban J connectivity index is 2.85. The first-order valence-corrected chi connectivity index (χ1v) is 6.34. The van der Waals surface area contributed by atoms with Crippen LogP contribution in [-0.4, -0.2) is 18.5 Å². The van der Waals surface area contributed by atoms with Gasteiger partial charge in [0.15, 0.2) is 0 Å². The first-order valence-electron chi connectivity index (χ1n) is 6.34. The van der Waals surface area contributed by atoms with Gasteiger partial charge in [0.2, 0.25) is 5.91 Å². The van der Waals surface area contributed by atoms with Gasteiger partial charge >= 0.3 is 0 Å². The van der Waals surface area contributed by atoms with Gasteiger partial charge in [0, 0.05) is 6.04 Å². The van der Waals surface area contributed by atoms with Crippen molar-refractivity contribution in [2.75, 3.05) is 6.54 Å². The molecule has 0 radical (unpaired) electrons. The zero-order chi connectivity index (χ0) is 13.5. The van der Waals surface area contributed by atoms with Gasteiger partial charge in [-0.05, 0) is 44.0 Å². The molecule has 0 saturated carbocycles. The summed E-state index contributed by atoms with van der Waals surface area (Å²) in [5.74, 6) is -0.786. The summed E-state index contributed by atoms with van der Waals surface area (Å²) in [7, 11) is 0. The van der Waals surface area contributed by atoms with E-state index in [0.29, 0.717) is 18.5 Å². The topological polar surface area (TPSA) is 55.1 Å². The van der Waals surface area contributed by atoms with Crippen LogP contribution in [0.5, 0.6) is 0 Å². The highest BCUT2D eigenvalue weighted by Gasteiger charge is 2.21. The van der Waals surface area contributed by atoms with Crippen molar-refractivity contribution in [2.45, 2.75) is 38.6 Å². The molecule has 1 amide bonds. The summed E-state index contributed by atoms with van der Waals surface area (Å²) >= 11 is 0. The van der Waals surface area contributed by atoms with Gasteiger partial charge in [-0.3, -0.25) is 4.79 Å². The molecule has 0 aliphatic rings. The average Bonchev–Trinajstić information content (AvgIpc) is 2.35. The lowest BCUT2D eigenvalue weighted by molar-refractivity contribution is -0.123. The summed E-state index contributed by atoms with van der Waals surface area (Å²) in [6, 6.07) is 6.27. The highest BCUT2D eigenvalue weighted by Crippen LogP contribution is 2.20. The molecule has 0 aromatic heterocycles. The molecule has 0 fully saturated rings. The van der Waals surface area contributed by atoms with E-state index in [1.807, 2.05) is 13.8 Å². The molecule has 2 unspecified atom stereocenters. The summed E-state index contributed by atoms with van der Waals surface area (Å²) in [4.78, 5) is 12.1. The number of nitrogens with two attached hydrogens (primary N) is 1. The third-order valence-corrected chi connectivity index (χ3v) is 3.02. The van der Waals surface area contributed by atoms with Gasteiger partial charge in [-0.15, -0.1) is 0 Å². The minimum Gasteiger partial charge on any atom is -0.353 e. The molecular formula is C14H21FN2O. The van der Waals surface area contributed by atoms with Gasteiger partial charge < -0.3 is 11.1 Å². The minimum absolute atomic E-state index is 0.0830. The second-order valence-corrected chi connectivity index (χ2v) is 4.50. The Morgan fingerprint density at radius 2 is 2.22 bits per heavy atom. The Labute approximate surface area is 108 Å². The quantitative estimate of drug-likeness (QED) is 0.815. The average molecular weight is 252 g/mol. The van der Waals surface area contributed by atoms with Gasteiger partial charge in [0.05, 0.1) is 5.92 Å². The molecule has 18 heavy (non-hydrogen) atoms. The fraction of sp³-hybridized carbons (Fsp3) is 0.500. The number of nitrogens with one attached hydrogen (secondary N) is 1. The van der Waals surface area contributed by atoms with Crippen LogP contribution < -0.4 is 11.1 Å². The molecule has 100 valence electrons. The maximum Gasteiger partial charge on any atom is 0.227 e. The first kappa shape index (κ1) is 14.6. The lowest BCUT2D eigenvalue weighted by atomic mass is 9.94. The molecule has 3 nitrogen and oxygen atoms in total. The van der Waals surface area contributed by atoms with Crippen molar-refractivity contribution < 1.29 is 9.18 Å². The molecule has 0 heterocycles. The van der Waals surface area contributed by atoms with Crippen LogP contribution in [0.1, 0.15) is 38.2 Å². The maximum atomic E-state index is 13.2.